The van der Waals surface area contributed by atoms with E-state index in [1.165, 1.54) is 52.1 Å². The van der Waals surface area contributed by atoms with Crippen molar-refractivity contribution >= 4 is 5.69 Å². The van der Waals surface area contributed by atoms with E-state index < -0.39 is 4.92 Å². The molecule has 0 bridgehead atoms. The second kappa shape index (κ2) is 19.6. The third-order valence-electron chi connectivity index (χ3n) is 8.21. The maximum absolute atomic E-state index is 12.4. The topological polar surface area (TPSA) is 80.1 Å². The minimum Gasteiger partial charge on any atom is -0.494 e. The second-order valence-electron chi connectivity index (χ2n) is 11.8. The molecule has 0 aliphatic rings. The third kappa shape index (κ3) is 10.7. The van der Waals surface area contributed by atoms with E-state index in [2.05, 4.69) is 13.8 Å². The Kier molecular flexibility index (Phi) is 15.6. The first kappa shape index (κ1) is 35.7. The van der Waals surface area contributed by atoms with Crippen LogP contribution in [0.5, 0.6) is 23.0 Å². The minimum atomic E-state index is -0.411. The van der Waals surface area contributed by atoms with Gasteiger partial charge in [-0.05, 0) is 55.0 Å². The van der Waals surface area contributed by atoms with Crippen LogP contribution in [0.4, 0.5) is 5.69 Å². The van der Waals surface area contributed by atoms with E-state index in [1.807, 2.05) is 55.5 Å². The molecule has 0 aliphatic carbocycles. The van der Waals surface area contributed by atoms with E-state index in [4.69, 9.17) is 18.9 Å². The van der Waals surface area contributed by atoms with Crippen LogP contribution < -0.4 is 18.9 Å². The molecule has 0 unspecified atom stereocenters. The number of hydrogen-bond acceptors (Lipinski definition) is 6. The van der Waals surface area contributed by atoms with Crippen LogP contribution in [0.1, 0.15) is 104 Å². The molecule has 0 fully saturated rings. The predicted molar refractivity (Wildman–Crippen MR) is 184 cm³/mol. The lowest BCUT2D eigenvalue weighted by atomic mass is 9.93. The van der Waals surface area contributed by atoms with Crippen LogP contribution >= 0.6 is 0 Å². The molecular formula is C38H53NO6. The number of benzene rings is 3. The summed E-state index contributed by atoms with van der Waals surface area (Å²) in [4.78, 5) is 11.9. The fourth-order valence-electron chi connectivity index (χ4n) is 5.69. The van der Waals surface area contributed by atoms with Gasteiger partial charge < -0.3 is 18.9 Å². The zero-order valence-corrected chi connectivity index (χ0v) is 28.1. The van der Waals surface area contributed by atoms with Gasteiger partial charge in [0, 0.05) is 11.6 Å². The van der Waals surface area contributed by atoms with Crippen LogP contribution in [0.2, 0.25) is 0 Å². The first-order valence-corrected chi connectivity index (χ1v) is 16.9. The highest BCUT2D eigenvalue weighted by Gasteiger charge is 2.30. The second-order valence-corrected chi connectivity index (χ2v) is 11.8. The lowest BCUT2D eigenvalue weighted by Crippen LogP contribution is -2.14. The molecule has 7 heteroatoms. The predicted octanol–water partition coefficient (Wildman–Crippen LogP) is 11.2. The maximum atomic E-state index is 12.4. The Balaban J connectivity index is 1.81. The molecule has 0 saturated carbocycles. The number of nitrogens with zero attached hydrogens (tertiary/aromatic N) is 1. The Morgan fingerprint density at radius 3 is 1.87 bits per heavy atom. The Bertz CT molecular complexity index is 1310. The molecule has 0 aromatic heterocycles. The summed E-state index contributed by atoms with van der Waals surface area (Å²) in [5.41, 5.74) is 3.09. The minimum absolute atomic E-state index is 0.0987. The van der Waals surface area contributed by atoms with Crippen LogP contribution in [0, 0.1) is 10.1 Å². The SMILES string of the molecule is CCCCCCCCCCOc1ccc(-c2ccccc2-c2cc([N+](=O)[O-])c(O[C@H](C)CCCCCC)c(OC)c2OC)cc1. The highest BCUT2D eigenvalue weighted by molar-refractivity contribution is 5.90. The van der Waals surface area contributed by atoms with Gasteiger partial charge in [-0.3, -0.25) is 10.1 Å². The molecule has 0 heterocycles. The van der Waals surface area contributed by atoms with Crippen molar-refractivity contribution in [3.63, 3.8) is 0 Å². The number of ether oxygens (including phenoxy) is 4. The average Bonchev–Trinajstić information content (AvgIpc) is 3.05. The van der Waals surface area contributed by atoms with E-state index in [1.54, 1.807) is 13.2 Å². The fourth-order valence-corrected chi connectivity index (χ4v) is 5.69. The van der Waals surface area contributed by atoms with Gasteiger partial charge in [0.25, 0.3) is 0 Å². The molecule has 3 aromatic carbocycles. The summed E-state index contributed by atoms with van der Waals surface area (Å²) in [7, 11) is 3.04. The number of nitro groups is 1. The van der Waals surface area contributed by atoms with Gasteiger partial charge in [-0.15, -0.1) is 0 Å². The van der Waals surface area contributed by atoms with E-state index in [0.29, 0.717) is 17.9 Å². The van der Waals surface area contributed by atoms with E-state index in [9.17, 15) is 10.1 Å². The first-order valence-electron chi connectivity index (χ1n) is 16.9. The van der Waals surface area contributed by atoms with Crippen molar-refractivity contribution in [1.29, 1.82) is 0 Å². The summed E-state index contributed by atoms with van der Waals surface area (Å²) in [6.45, 7) is 7.06. The average molecular weight is 620 g/mol. The van der Waals surface area contributed by atoms with Crippen molar-refractivity contribution in [2.45, 2.75) is 110 Å². The summed E-state index contributed by atoms with van der Waals surface area (Å²) in [5.74, 6) is 1.55. The van der Waals surface area contributed by atoms with Crippen LogP contribution in [-0.2, 0) is 0 Å². The number of methoxy groups -OCH3 is 2. The van der Waals surface area contributed by atoms with Crippen molar-refractivity contribution in [3.05, 3.63) is 64.7 Å². The molecule has 0 spiro atoms. The Morgan fingerprint density at radius 2 is 1.27 bits per heavy atom. The van der Waals surface area contributed by atoms with Gasteiger partial charge in [0.05, 0.1) is 31.9 Å². The van der Waals surface area contributed by atoms with Gasteiger partial charge in [0.1, 0.15) is 5.75 Å². The lowest BCUT2D eigenvalue weighted by molar-refractivity contribution is -0.386. The molecule has 1 atom stereocenters. The van der Waals surface area contributed by atoms with Crippen LogP contribution in [0.15, 0.2) is 54.6 Å². The Morgan fingerprint density at radius 1 is 0.689 bits per heavy atom. The Labute approximate surface area is 270 Å². The molecule has 0 radical (unpaired) electrons. The molecule has 0 aliphatic heterocycles. The van der Waals surface area contributed by atoms with Gasteiger partial charge in [-0.2, -0.15) is 0 Å². The standard InChI is InChI=1S/C38H53NO6/c1-6-8-10-12-13-14-15-19-27-44-31-25-23-30(24-26-31)32-21-17-18-22-33(32)34-28-35(39(40)41)37(38(43-5)36(34)42-4)45-29(3)20-16-11-9-7-2/h17-18,21-26,28-29H,6-16,19-20,27H2,1-5H3/t29-/m1/s1. The van der Waals surface area contributed by atoms with Crippen molar-refractivity contribution in [2.24, 2.45) is 0 Å². The number of rotatable bonds is 22. The molecule has 0 amide bonds. The van der Waals surface area contributed by atoms with Crippen molar-refractivity contribution in [2.75, 3.05) is 20.8 Å². The van der Waals surface area contributed by atoms with E-state index >= 15 is 0 Å². The highest BCUT2D eigenvalue weighted by Crippen LogP contribution is 2.51. The summed E-state index contributed by atoms with van der Waals surface area (Å²) in [6.07, 6.45) is 15.1. The van der Waals surface area contributed by atoms with Crippen LogP contribution in [-0.4, -0.2) is 31.9 Å². The maximum Gasteiger partial charge on any atom is 0.315 e. The van der Waals surface area contributed by atoms with Gasteiger partial charge in [0.2, 0.25) is 11.5 Å². The van der Waals surface area contributed by atoms with E-state index in [0.717, 1.165) is 61.0 Å². The Hall–Kier alpha value is -3.74. The largest absolute Gasteiger partial charge is 0.494 e. The van der Waals surface area contributed by atoms with Gasteiger partial charge in [-0.25, -0.2) is 0 Å². The zero-order valence-electron chi connectivity index (χ0n) is 28.1. The summed E-state index contributed by atoms with van der Waals surface area (Å²) in [5, 5.41) is 12.4. The van der Waals surface area contributed by atoms with Crippen LogP contribution in [0.3, 0.4) is 0 Å². The molecule has 0 N–H and O–H groups in total. The summed E-state index contributed by atoms with van der Waals surface area (Å²) < 4.78 is 23.8. The summed E-state index contributed by atoms with van der Waals surface area (Å²) in [6, 6.07) is 17.4. The molecule has 246 valence electrons. The number of unbranched alkanes of at least 4 members (excludes halogenated alkanes) is 10. The van der Waals surface area contributed by atoms with Crippen molar-refractivity contribution in [1.82, 2.24) is 0 Å². The van der Waals surface area contributed by atoms with Gasteiger partial charge in [0.15, 0.2) is 5.75 Å². The van der Waals surface area contributed by atoms with E-state index in [-0.39, 0.29) is 23.3 Å². The smallest absolute Gasteiger partial charge is 0.315 e. The third-order valence-corrected chi connectivity index (χ3v) is 8.21. The lowest BCUT2D eigenvalue weighted by Gasteiger charge is -2.21. The van der Waals surface area contributed by atoms with Crippen molar-refractivity contribution < 1.29 is 23.9 Å². The summed E-state index contributed by atoms with van der Waals surface area (Å²) >= 11 is 0. The van der Waals surface area contributed by atoms with Gasteiger partial charge in [-0.1, -0.05) is 114 Å². The molecule has 0 saturated heterocycles. The number of hydrogen-bond donors (Lipinski definition) is 0. The highest BCUT2D eigenvalue weighted by atomic mass is 16.6. The number of nitro benzene ring substituents is 1. The molecular weight excluding hydrogens is 566 g/mol. The molecule has 45 heavy (non-hydrogen) atoms. The normalized spacial score (nSPS) is 11.7. The molecule has 3 rings (SSSR count). The van der Waals surface area contributed by atoms with Gasteiger partial charge >= 0.3 is 5.69 Å². The molecule has 3 aromatic rings. The zero-order chi connectivity index (χ0) is 32.4. The monoisotopic (exact) mass is 619 g/mol. The fraction of sp³-hybridized carbons (Fsp3) is 0.526. The van der Waals surface area contributed by atoms with Crippen molar-refractivity contribution in [3.8, 4) is 45.3 Å². The molecule has 7 nitrogen and oxygen atoms in total. The van der Waals surface area contributed by atoms with Crippen LogP contribution in [0.25, 0.3) is 22.3 Å². The quantitative estimate of drug-likeness (QED) is 0.0632. The first-order chi connectivity index (χ1) is 21.9.